The van der Waals surface area contributed by atoms with E-state index in [0.717, 1.165) is 13.1 Å². The highest BCUT2D eigenvalue weighted by Crippen LogP contribution is 1.82. The molecule has 0 radical (unpaired) electrons. The Morgan fingerprint density at radius 3 is 1.83 bits per heavy atom. The van der Waals surface area contributed by atoms with E-state index >= 15 is 0 Å². The minimum Gasteiger partial charge on any atom is -0.313 e. The van der Waals surface area contributed by atoms with E-state index in [9.17, 15) is 0 Å². The molecular formula is C10H26N2. The lowest BCUT2D eigenvalue weighted by Gasteiger charge is -2.16. The molecule has 12 heavy (non-hydrogen) atoms. The van der Waals surface area contributed by atoms with Gasteiger partial charge < -0.3 is 10.2 Å². The van der Waals surface area contributed by atoms with Gasteiger partial charge in [-0.15, -0.1) is 0 Å². The van der Waals surface area contributed by atoms with Crippen LogP contribution >= 0.6 is 0 Å². The first-order valence-electron chi connectivity index (χ1n) is 4.96. The number of rotatable bonds is 4. The molecule has 0 aliphatic carbocycles. The van der Waals surface area contributed by atoms with E-state index in [0.29, 0.717) is 6.04 Å². The standard InChI is InChI=1S/C7H18N2.C3H8/c1-5-8-7(2)6-9(3)4;1-3-2/h7-8H,5-6H2,1-4H3;3H2,1-2H3. The molecule has 0 saturated carbocycles. The normalized spacial score (nSPS) is 12.2. The van der Waals surface area contributed by atoms with Gasteiger partial charge in [0.15, 0.2) is 0 Å². The monoisotopic (exact) mass is 174 g/mol. The van der Waals surface area contributed by atoms with Crippen molar-refractivity contribution in [1.29, 1.82) is 0 Å². The van der Waals surface area contributed by atoms with Crippen LogP contribution in [0.3, 0.4) is 0 Å². The first-order valence-corrected chi connectivity index (χ1v) is 4.96. The molecule has 0 aliphatic heterocycles. The third kappa shape index (κ3) is 16.5. The van der Waals surface area contributed by atoms with Crippen molar-refractivity contribution in [1.82, 2.24) is 10.2 Å². The summed E-state index contributed by atoms with van der Waals surface area (Å²) < 4.78 is 0. The third-order valence-corrected chi connectivity index (χ3v) is 1.19. The minimum absolute atomic E-state index is 0.616. The molecule has 0 spiro atoms. The van der Waals surface area contributed by atoms with Gasteiger partial charge in [0.25, 0.3) is 0 Å². The summed E-state index contributed by atoms with van der Waals surface area (Å²) in [5.74, 6) is 0. The first-order chi connectivity index (χ1) is 5.58. The van der Waals surface area contributed by atoms with Crippen LogP contribution < -0.4 is 5.32 Å². The van der Waals surface area contributed by atoms with Crippen molar-refractivity contribution in [3.8, 4) is 0 Å². The van der Waals surface area contributed by atoms with Crippen molar-refractivity contribution in [3.05, 3.63) is 0 Å². The largest absolute Gasteiger partial charge is 0.313 e. The molecule has 0 rings (SSSR count). The zero-order valence-corrected chi connectivity index (χ0v) is 9.65. The van der Waals surface area contributed by atoms with Crippen molar-refractivity contribution in [2.45, 2.75) is 40.2 Å². The molecule has 0 aromatic heterocycles. The van der Waals surface area contributed by atoms with Gasteiger partial charge in [-0.3, -0.25) is 0 Å². The summed E-state index contributed by atoms with van der Waals surface area (Å²) in [6, 6.07) is 0.616. The van der Waals surface area contributed by atoms with Crippen LogP contribution in [0.15, 0.2) is 0 Å². The maximum absolute atomic E-state index is 3.34. The van der Waals surface area contributed by atoms with Crippen molar-refractivity contribution in [2.24, 2.45) is 0 Å². The quantitative estimate of drug-likeness (QED) is 0.701. The number of hydrogen-bond donors (Lipinski definition) is 1. The fourth-order valence-corrected chi connectivity index (χ4v) is 0.961. The summed E-state index contributed by atoms with van der Waals surface area (Å²) in [4.78, 5) is 2.19. The van der Waals surface area contributed by atoms with E-state index in [1.54, 1.807) is 0 Å². The van der Waals surface area contributed by atoms with Crippen LogP contribution in [-0.2, 0) is 0 Å². The van der Waals surface area contributed by atoms with E-state index in [4.69, 9.17) is 0 Å². The minimum atomic E-state index is 0.616. The van der Waals surface area contributed by atoms with Gasteiger partial charge in [0.2, 0.25) is 0 Å². The smallest absolute Gasteiger partial charge is 0.0166 e. The molecule has 2 heteroatoms. The molecule has 1 N–H and O–H groups in total. The topological polar surface area (TPSA) is 15.3 Å². The lowest BCUT2D eigenvalue weighted by atomic mass is 10.3. The van der Waals surface area contributed by atoms with Gasteiger partial charge in [0, 0.05) is 12.6 Å². The molecule has 2 nitrogen and oxygen atoms in total. The average Bonchev–Trinajstić information content (AvgIpc) is 1.87. The van der Waals surface area contributed by atoms with Crippen molar-refractivity contribution in [3.63, 3.8) is 0 Å². The highest BCUT2D eigenvalue weighted by molar-refractivity contribution is 4.60. The Labute approximate surface area is 78.3 Å². The summed E-state index contributed by atoms with van der Waals surface area (Å²) in [5, 5.41) is 3.34. The summed E-state index contributed by atoms with van der Waals surface area (Å²) in [6.45, 7) is 10.8. The highest BCUT2D eigenvalue weighted by Gasteiger charge is 1.98. The van der Waals surface area contributed by atoms with Gasteiger partial charge in [-0.1, -0.05) is 27.2 Å². The Kier molecular flexibility index (Phi) is 13.1. The van der Waals surface area contributed by atoms with E-state index in [-0.39, 0.29) is 0 Å². The molecule has 0 saturated heterocycles. The zero-order valence-electron chi connectivity index (χ0n) is 9.65. The van der Waals surface area contributed by atoms with Crippen LogP contribution in [0.1, 0.15) is 34.1 Å². The highest BCUT2D eigenvalue weighted by atomic mass is 15.1. The Hall–Kier alpha value is -0.0800. The maximum Gasteiger partial charge on any atom is 0.0166 e. The van der Waals surface area contributed by atoms with Crippen LogP contribution in [0.4, 0.5) is 0 Å². The van der Waals surface area contributed by atoms with Gasteiger partial charge in [-0.2, -0.15) is 0 Å². The van der Waals surface area contributed by atoms with Gasteiger partial charge in [0.05, 0.1) is 0 Å². The Morgan fingerprint density at radius 1 is 1.17 bits per heavy atom. The Morgan fingerprint density at radius 2 is 1.58 bits per heavy atom. The molecule has 0 fully saturated rings. The van der Waals surface area contributed by atoms with Crippen molar-refractivity contribution >= 4 is 0 Å². The van der Waals surface area contributed by atoms with Gasteiger partial charge in [-0.25, -0.2) is 0 Å². The van der Waals surface area contributed by atoms with Gasteiger partial charge in [0.1, 0.15) is 0 Å². The molecule has 0 aliphatic rings. The van der Waals surface area contributed by atoms with Crippen LogP contribution in [0.25, 0.3) is 0 Å². The Bertz CT molecular complexity index is 72.2. The van der Waals surface area contributed by atoms with E-state index in [1.165, 1.54) is 6.42 Å². The van der Waals surface area contributed by atoms with E-state index in [1.807, 2.05) is 0 Å². The Balaban J connectivity index is 0. The number of likely N-dealkylation sites (N-methyl/N-ethyl adjacent to an activating group) is 2. The molecule has 0 bridgehead atoms. The van der Waals surface area contributed by atoms with Crippen LogP contribution in [0.5, 0.6) is 0 Å². The SMILES string of the molecule is CCC.CCNC(C)CN(C)C. The van der Waals surface area contributed by atoms with Crippen molar-refractivity contribution < 1.29 is 0 Å². The van der Waals surface area contributed by atoms with Crippen LogP contribution in [-0.4, -0.2) is 38.1 Å². The molecule has 1 unspecified atom stereocenters. The van der Waals surface area contributed by atoms with Gasteiger partial charge >= 0.3 is 0 Å². The second-order valence-electron chi connectivity index (χ2n) is 3.43. The lowest BCUT2D eigenvalue weighted by Crippen LogP contribution is -2.35. The molecule has 1 atom stereocenters. The van der Waals surface area contributed by atoms with Crippen LogP contribution in [0, 0.1) is 0 Å². The fourth-order valence-electron chi connectivity index (χ4n) is 0.961. The van der Waals surface area contributed by atoms with Gasteiger partial charge in [-0.05, 0) is 27.6 Å². The number of nitrogens with zero attached hydrogens (tertiary/aromatic N) is 1. The van der Waals surface area contributed by atoms with E-state index < -0.39 is 0 Å². The molecule has 0 aromatic rings. The third-order valence-electron chi connectivity index (χ3n) is 1.19. The summed E-state index contributed by atoms with van der Waals surface area (Å²) in [7, 11) is 4.18. The summed E-state index contributed by atoms with van der Waals surface area (Å²) >= 11 is 0. The number of hydrogen-bond acceptors (Lipinski definition) is 2. The second kappa shape index (κ2) is 10.9. The first kappa shape index (κ1) is 14.4. The number of nitrogens with one attached hydrogen (secondary N) is 1. The molecule has 0 amide bonds. The average molecular weight is 174 g/mol. The molecular weight excluding hydrogens is 148 g/mol. The lowest BCUT2D eigenvalue weighted by molar-refractivity contribution is 0.353. The zero-order chi connectivity index (χ0) is 9.98. The molecule has 0 heterocycles. The maximum atomic E-state index is 3.34. The van der Waals surface area contributed by atoms with Crippen LogP contribution in [0.2, 0.25) is 0 Å². The van der Waals surface area contributed by atoms with Crippen molar-refractivity contribution in [2.75, 3.05) is 27.2 Å². The predicted molar refractivity (Wildman–Crippen MR) is 57.7 cm³/mol. The summed E-state index contributed by atoms with van der Waals surface area (Å²) in [5.41, 5.74) is 0. The predicted octanol–water partition coefficient (Wildman–Crippen LogP) is 1.96. The second-order valence-corrected chi connectivity index (χ2v) is 3.43. The molecule has 76 valence electrons. The van der Waals surface area contributed by atoms with E-state index in [2.05, 4.69) is 52.0 Å². The summed E-state index contributed by atoms with van der Waals surface area (Å²) in [6.07, 6.45) is 1.25. The molecule has 0 aromatic carbocycles. The fraction of sp³-hybridized carbons (Fsp3) is 1.00.